The molecule has 1 aliphatic heterocycles. The summed E-state index contributed by atoms with van der Waals surface area (Å²) >= 11 is 2.04. The van der Waals surface area contributed by atoms with Gasteiger partial charge in [-0.05, 0) is 49.1 Å². The number of aliphatic hydroxyl groups is 1. The van der Waals surface area contributed by atoms with Crippen LogP contribution in [0.4, 0.5) is 5.69 Å². The highest BCUT2D eigenvalue weighted by atomic mass is 32.2. The van der Waals surface area contributed by atoms with Gasteiger partial charge in [0.2, 0.25) is 0 Å². The normalized spacial score (nSPS) is 20.2. The van der Waals surface area contributed by atoms with Crippen LogP contribution < -0.4 is 5.32 Å². The third-order valence-electron chi connectivity index (χ3n) is 3.08. The highest BCUT2D eigenvalue weighted by molar-refractivity contribution is 7.99. The first-order valence-corrected chi connectivity index (χ1v) is 7.58. The fourth-order valence-electron chi connectivity index (χ4n) is 2.19. The van der Waals surface area contributed by atoms with E-state index in [1.807, 2.05) is 11.8 Å². The second kappa shape index (κ2) is 6.92. The van der Waals surface area contributed by atoms with Crippen LogP contribution in [0.3, 0.4) is 0 Å². The van der Waals surface area contributed by atoms with Crippen molar-refractivity contribution < 1.29 is 5.11 Å². The number of nitrogens with one attached hydrogen (secondary N) is 1. The van der Waals surface area contributed by atoms with Crippen LogP contribution in [0.25, 0.3) is 0 Å². The summed E-state index contributed by atoms with van der Waals surface area (Å²) in [6, 6.07) is 9.22. The Hall–Kier alpha value is -0.670. The van der Waals surface area contributed by atoms with Crippen LogP contribution in [0.5, 0.6) is 0 Å². The molecule has 0 aromatic heterocycles. The summed E-state index contributed by atoms with van der Waals surface area (Å²) in [6.45, 7) is 0.275. The van der Waals surface area contributed by atoms with Crippen molar-refractivity contribution >= 4 is 17.4 Å². The molecular weight excluding hydrogens is 230 g/mol. The number of hydrogen-bond donors (Lipinski definition) is 2. The molecule has 1 aromatic carbocycles. The first-order valence-electron chi connectivity index (χ1n) is 6.42. The summed E-state index contributed by atoms with van der Waals surface area (Å²) in [5, 5.41) is 12.5. The molecule has 1 unspecified atom stereocenters. The molecule has 2 nitrogen and oxygen atoms in total. The topological polar surface area (TPSA) is 32.3 Å². The van der Waals surface area contributed by atoms with Gasteiger partial charge in [-0.1, -0.05) is 12.1 Å². The van der Waals surface area contributed by atoms with Crippen molar-refractivity contribution in [1.29, 1.82) is 0 Å². The van der Waals surface area contributed by atoms with Crippen LogP contribution in [-0.2, 0) is 6.42 Å². The minimum Gasteiger partial charge on any atom is -0.396 e. The number of aliphatic hydroxyl groups excluding tert-OH is 1. The predicted octanol–water partition coefficient (Wildman–Crippen LogP) is 2.92. The molecule has 1 heterocycles. The molecule has 2 rings (SSSR count). The lowest BCUT2D eigenvalue weighted by molar-refractivity contribution is 0.288. The van der Waals surface area contributed by atoms with E-state index in [-0.39, 0.29) is 6.61 Å². The molecule has 0 spiro atoms. The molecule has 2 N–H and O–H groups in total. The van der Waals surface area contributed by atoms with Gasteiger partial charge in [-0.3, -0.25) is 0 Å². The van der Waals surface area contributed by atoms with Crippen molar-refractivity contribution in [2.45, 2.75) is 31.7 Å². The average Bonchev–Trinajstić information content (AvgIpc) is 2.38. The van der Waals surface area contributed by atoms with Crippen LogP contribution in [0.15, 0.2) is 24.3 Å². The molecule has 17 heavy (non-hydrogen) atoms. The van der Waals surface area contributed by atoms with Gasteiger partial charge in [-0.25, -0.2) is 0 Å². The van der Waals surface area contributed by atoms with E-state index in [4.69, 9.17) is 5.11 Å². The largest absolute Gasteiger partial charge is 0.396 e. The first kappa shape index (κ1) is 12.8. The van der Waals surface area contributed by atoms with Crippen molar-refractivity contribution in [3.8, 4) is 0 Å². The van der Waals surface area contributed by atoms with Gasteiger partial charge in [0.15, 0.2) is 0 Å². The zero-order valence-electron chi connectivity index (χ0n) is 10.2. The minimum absolute atomic E-state index is 0.275. The molecule has 3 heteroatoms. The lowest BCUT2D eigenvalue weighted by atomic mass is 10.1. The number of anilines is 1. The third-order valence-corrected chi connectivity index (χ3v) is 4.30. The summed E-state index contributed by atoms with van der Waals surface area (Å²) in [5.41, 5.74) is 2.54. The van der Waals surface area contributed by atoms with Crippen LogP contribution in [0.1, 0.15) is 24.8 Å². The summed E-state index contributed by atoms with van der Waals surface area (Å²) < 4.78 is 0. The number of hydrogen-bond acceptors (Lipinski definition) is 3. The molecule has 0 aliphatic carbocycles. The standard InChI is InChI=1S/C14H21NOS/c16-8-2-5-12-4-1-6-13(10-12)15-14-7-3-9-17-11-14/h1,4,6,10,14-16H,2-3,5,7-9,11H2. The van der Waals surface area contributed by atoms with Gasteiger partial charge < -0.3 is 10.4 Å². The number of benzene rings is 1. The van der Waals surface area contributed by atoms with Crippen LogP contribution in [0, 0.1) is 0 Å². The van der Waals surface area contributed by atoms with E-state index in [9.17, 15) is 0 Å². The van der Waals surface area contributed by atoms with E-state index in [1.165, 1.54) is 35.6 Å². The zero-order chi connectivity index (χ0) is 11.9. The molecule has 0 radical (unpaired) electrons. The number of aryl methyl sites for hydroxylation is 1. The quantitative estimate of drug-likeness (QED) is 0.844. The van der Waals surface area contributed by atoms with Gasteiger partial charge in [0.05, 0.1) is 0 Å². The Morgan fingerprint density at radius 1 is 1.41 bits per heavy atom. The molecule has 0 amide bonds. The lowest BCUT2D eigenvalue weighted by Crippen LogP contribution is -2.25. The smallest absolute Gasteiger partial charge is 0.0434 e. The van der Waals surface area contributed by atoms with Gasteiger partial charge >= 0.3 is 0 Å². The van der Waals surface area contributed by atoms with Crippen LogP contribution in [-0.4, -0.2) is 29.3 Å². The van der Waals surface area contributed by atoms with Crippen LogP contribution >= 0.6 is 11.8 Å². The third kappa shape index (κ3) is 4.25. The van der Waals surface area contributed by atoms with E-state index in [2.05, 4.69) is 29.6 Å². The van der Waals surface area contributed by atoms with E-state index in [0.29, 0.717) is 6.04 Å². The van der Waals surface area contributed by atoms with Crippen molar-refractivity contribution in [1.82, 2.24) is 0 Å². The highest BCUT2D eigenvalue weighted by Crippen LogP contribution is 2.21. The maximum atomic E-state index is 8.84. The van der Waals surface area contributed by atoms with Gasteiger partial charge in [0, 0.05) is 24.1 Å². The fourth-order valence-corrected chi connectivity index (χ4v) is 3.26. The maximum Gasteiger partial charge on any atom is 0.0434 e. The van der Waals surface area contributed by atoms with Gasteiger partial charge in [0.25, 0.3) is 0 Å². The molecule has 0 bridgehead atoms. The summed E-state index contributed by atoms with van der Waals surface area (Å²) in [6.07, 6.45) is 4.43. The molecule has 1 aliphatic rings. The minimum atomic E-state index is 0.275. The maximum absolute atomic E-state index is 8.84. The molecule has 1 atom stereocenters. The van der Waals surface area contributed by atoms with Crippen molar-refractivity contribution in [3.63, 3.8) is 0 Å². The average molecular weight is 251 g/mol. The van der Waals surface area contributed by atoms with Crippen molar-refractivity contribution in [2.24, 2.45) is 0 Å². The summed E-state index contributed by atoms with van der Waals surface area (Å²) in [5.74, 6) is 2.54. The Labute approximate surface area is 108 Å². The van der Waals surface area contributed by atoms with Gasteiger partial charge in [-0.15, -0.1) is 0 Å². The van der Waals surface area contributed by atoms with E-state index in [1.54, 1.807) is 0 Å². The zero-order valence-corrected chi connectivity index (χ0v) is 11.0. The van der Waals surface area contributed by atoms with Gasteiger partial charge in [-0.2, -0.15) is 11.8 Å². The van der Waals surface area contributed by atoms with E-state index < -0.39 is 0 Å². The number of thioether (sulfide) groups is 1. The fraction of sp³-hybridized carbons (Fsp3) is 0.571. The van der Waals surface area contributed by atoms with Crippen LogP contribution in [0.2, 0.25) is 0 Å². The molecule has 1 saturated heterocycles. The Morgan fingerprint density at radius 3 is 3.12 bits per heavy atom. The Bertz CT molecular complexity index is 337. The summed E-state index contributed by atoms with van der Waals surface area (Å²) in [4.78, 5) is 0. The molecule has 1 aromatic rings. The van der Waals surface area contributed by atoms with Gasteiger partial charge in [0.1, 0.15) is 0 Å². The second-order valence-electron chi connectivity index (χ2n) is 4.59. The Balaban J connectivity index is 1.90. The van der Waals surface area contributed by atoms with E-state index in [0.717, 1.165) is 12.8 Å². The monoisotopic (exact) mass is 251 g/mol. The SMILES string of the molecule is OCCCc1cccc(NC2CCCSC2)c1. The van der Waals surface area contributed by atoms with Crippen molar-refractivity contribution in [2.75, 3.05) is 23.4 Å². The molecular formula is C14H21NOS. The lowest BCUT2D eigenvalue weighted by Gasteiger charge is -2.23. The Morgan fingerprint density at radius 2 is 2.35 bits per heavy atom. The van der Waals surface area contributed by atoms with E-state index >= 15 is 0 Å². The predicted molar refractivity (Wildman–Crippen MR) is 75.8 cm³/mol. The summed E-state index contributed by atoms with van der Waals surface area (Å²) in [7, 11) is 0. The Kier molecular flexibility index (Phi) is 5.20. The van der Waals surface area contributed by atoms with Crippen molar-refractivity contribution in [3.05, 3.63) is 29.8 Å². The molecule has 1 fully saturated rings. The first-order chi connectivity index (χ1) is 8.38. The number of rotatable bonds is 5. The molecule has 94 valence electrons. The molecule has 0 saturated carbocycles. The second-order valence-corrected chi connectivity index (χ2v) is 5.74. The highest BCUT2D eigenvalue weighted by Gasteiger charge is 2.13.